The molecule has 176 valence electrons. The van der Waals surface area contributed by atoms with Gasteiger partial charge in [-0.25, -0.2) is 0 Å². The molecule has 0 aromatic carbocycles. The van der Waals surface area contributed by atoms with Gasteiger partial charge in [0, 0.05) is 6.61 Å². The first kappa shape index (κ1) is 28.9. The van der Waals surface area contributed by atoms with E-state index in [-0.39, 0.29) is 0 Å². The third-order valence-electron chi connectivity index (χ3n) is 5.99. The lowest BCUT2D eigenvalue weighted by Crippen LogP contribution is -2.20. The fraction of sp³-hybridized carbons (Fsp3) is 1.00. The van der Waals surface area contributed by atoms with Crippen LogP contribution in [-0.4, -0.2) is 29.9 Å². The van der Waals surface area contributed by atoms with Crippen molar-refractivity contribution in [3.8, 4) is 0 Å². The Morgan fingerprint density at radius 2 is 0.862 bits per heavy atom. The highest BCUT2D eigenvalue weighted by Crippen LogP contribution is 2.18. The van der Waals surface area contributed by atoms with Crippen molar-refractivity contribution in [1.29, 1.82) is 0 Å². The third-order valence-corrected chi connectivity index (χ3v) is 7.30. The van der Waals surface area contributed by atoms with Crippen LogP contribution in [0.2, 0.25) is 0 Å². The monoisotopic (exact) mass is 434 g/mol. The SMILES string of the molecule is CCCCC(CCCCCCCCCCCCCCCCCCCO)S(=O)(=O)O. The molecule has 4 nitrogen and oxygen atoms in total. The van der Waals surface area contributed by atoms with E-state index >= 15 is 0 Å². The molecule has 0 bridgehead atoms. The number of rotatable bonds is 23. The third kappa shape index (κ3) is 20.9. The van der Waals surface area contributed by atoms with E-state index in [1.54, 1.807) is 0 Å². The van der Waals surface area contributed by atoms with Gasteiger partial charge in [0.2, 0.25) is 0 Å². The normalized spacial score (nSPS) is 13.1. The minimum absolute atomic E-state index is 0.344. The molecule has 0 amide bonds. The maximum atomic E-state index is 11.4. The summed E-state index contributed by atoms with van der Waals surface area (Å²) < 4.78 is 32.1. The Morgan fingerprint density at radius 1 is 0.552 bits per heavy atom. The van der Waals surface area contributed by atoms with Crippen molar-refractivity contribution in [3.05, 3.63) is 0 Å². The van der Waals surface area contributed by atoms with Crippen molar-refractivity contribution >= 4 is 10.1 Å². The Kier molecular flexibility index (Phi) is 21.0. The number of aliphatic hydroxyl groups is 1. The molecule has 0 saturated heterocycles. The van der Waals surface area contributed by atoms with E-state index in [9.17, 15) is 13.0 Å². The Bertz CT molecular complexity index is 423. The molecule has 0 aromatic heterocycles. The van der Waals surface area contributed by atoms with Crippen LogP contribution in [-0.2, 0) is 10.1 Å². The van der Waals surface area contributed by atoms with Crippen LogP contribution in [0.5, 0.6) is 0 Å². The van der Waals surface area contributed by atoms with Crippen LogP contribution in [0.1, 0.15) is 142 Å². The van der Waals surface area contributed by atoms with Crippen LogP contribution in [0.25, 0.3) is 0 Å². The Balaban J connectivity index is 3.31. The molecule has 0 rings (SSSR count). The van der Waals surface area contributed by atoms with E-state index in [4.69, 9.17) is 5.11 Å². The van der Waals surface area contributed by atoms with Gasteiger partial charge in [0.15, 0.2) is 0 Å². The molecule has 0 aliphatic heterocycles. The molecule has 0 heterocycles. The highest BCUT2D eigenvalue weighted by atomic mass is 32.2. The summed E-state index contributed by atoms with van der Waals surface area (Å²) in [5.74, 6) is 0. The molecular weight excluding hydrogens is 384 g/mol. The van der Waals surface area contributed by atoms with Gasteiger partial charge in [0.05, 0.1) is 5.25 Å². The highest BCUT2D eigenvalue weighted by Gasteiger charge is 2.21. The quantitative estimate of drug-likeness (QED) is 0.129. The summed E-state index contributed by atoms with van der Waals surface area (Å²) in [6.45, 7) is 2.39. The van der Waals surface area contributed by atoms with Gasteiger partial charge in [0.1, 0.15) is 0 Å². The van der Waals surface area contributed by atoms with Crippen LogP contribution in [0, 0.1) is 0 Å². The predicted molar refractivity (Wildman–Crippen MR) is 125 cm³/mol. The molecule has 2 N–H and O–H groups in total. The van der Waals surface area contributed by atoms with Crippen molar-refractivity contribution in [1.82, 2.24) is 0 Å². The summed E-state index contributed by atoms with van der Waals surface area (Å²) >= 11 is 0. The summed E-state index contributed by atoms with van der Waals surface area (Å²) in [4.78, 5) is 0. The van der Waals surface area contributed by atoms with Crippen LogP contribution in [0.4, 0.5) is 0 Å². The topological polar surface area (TPSA) is 74.6 Å². The van der Waals surface area contributed by atoms with E-state index in [1.165, 1.54) is 89.9 Å². The van der Waals surface area contributed by atoms with Gasteiger partial charge in [-0.2, -0.15) is 8.42 Å². The molecule has 0 aliphatic carbocycles. The summed E-state index contributed by atoms with van der Waals surface area (Å²) in [7, 11) is -3.87. The van der Waals surface area contributed by atoms with Gasteiger partial charge in [-0.1, -0.05) is 122 Å². The molecule has 29 heavy (non-hydrogen) atoms. The molecule has 5 heteroatoms. The van der Waals surface area contributed by atoms with E-state index < -0.39 is 15.4 Å². The molecule has 0 fully saturated rings. The largest absolute Gasteiger partial charge is 0.396 e. The van der Waals surface area contributed by atoms with E-state index in [2.05, 4.69) is 0 Å². The fourth-order valence-electron chi connectivity index (χ4n) is 4.01. The zero-order chi connectivity index (χ0) is 21.6. The van der Waals surface area contributed by atoms with Gasteiger partial charge in [-0.05, 0) is 19.3 Å². The average molecular weight is 435 g/mol. The maximum Gasteiger partial charge on any atom is 0.267 e. The average Bonchev–Trinajstić information content (AvgIpc) is 2.68. The number of hydrogen-bond donors (Lipinski definition) is 2. The van der Waals surface area contributed by atoms with E-state index in [0.717, 1.165) is 32.1 Å². The first-order chi connectivity index (χ1) is 14.0. The van der Waals surface area contributed by atoms with Crippen molar-refractivity contribution in [2.45, 2.75) is 147 Å². The second-order valence-electron chi connectivity index (χ2n) is 8.80. The lowest BCUT2D eigenvalue weighted by atomic mass is 10.0. The summed E-state index contributed by atoms with van der Waals surface area (Å²) in [5, 5.41) is 8.18. The van der Waals surface area contributed by atoms with Crippen molar-refractivity contribution in [2.75, 3.05) is 6.61 Å². The van der Waals surface area contributed by atoms with Crippen LogP contribution >= 0.6 is 0 Å². The zero-order valence-electron chi connectivity index (χ0n) is 19.3. The van der Waals surface area contributed by atoms with Gasteiger partial charge in [-0.3, -0.25) is 4.55 Å². The van der Waals surface area contributed by atoms with E-state index in [1.807, 2.05) is 6.92 Å². The maximum absolute atomic E-state index is 11.4. The van der Waals surface area contributed by atoms with Gasteiger partial charge >= 0.3 is 0 Å². The van der Waals surface area contributed by atoms with Crippen molar-refractivity contribution in [3.63, 3.8) is 0 Å². The number of unbranched alkanes of at least 4 members (excludes halogenated alkanes) is 17. The second kappa shape index (κ2) is 21.1. The zero-order valence-corrected chi connectivity index (χ0v) is 20.1. The molecule has 0 aromatic rings. The summed E-state index contributed by atoms with van der Waals surface area (Å²) in [5.41, 5.74) is 0. The Labute approximate surface area is 182 Å². The molecule has 0 spiro atoms. The first-order valence-electron chi connectivity index (χ1n) is 12.6. The molecule has 0 saturated carbocycles. The fourth-order valence-corrected chi connectivity index (χ4v) is 4.94. The van der Waals surface area contributed by atoms with E-state index in [0.29, 0.717) is 19.4 Å². The van der Waals surface area contributed by atoms with Crippen molar-refractivity contribution in [2.24, 2.45) is 0 Å². The standard InChI is InChI=1S/C24H50O4S/c1-2-3-21-24(29(26,27)28)22-19-17-15-13-11-9-7-5-4-6-8-10-12-14-16-18-20-23-25/h24-25H,2-23H2,1H3,(H,26,27,28). The lowest BCUT2D eigenvalue weighted by molar-refractivity contribution is 0.282. The van der Waals surface area contributed by atoms with Crippen LogP contribution in [0.3, 0.4) is 0 Å². The Morgan fingerprint density at radius 3 is 1.17 bits per heavy atom. The first-order valence-corrected chi connectivity index (χ1v) is 14.1. The molecule has 1 unspecified atom stereocenters. The molecular formula is C24H50O4S. The highest BCUT2D eigenvalue weighted by molar-refractivity contribution is 7.86. The summed E-state index contributed by atoms with van der Waals surface area (Å²) in [6.07, 6.45) is 24.4. The smallest absolute Gasteiger partial charge is 0.267 e. The van der Waals surface area contributed by atoms with Crippen LogP contribution < -0.4 is 0 Å². The molecule has 1 atom stereocenters. The second-order valence-corrected chi connectivity index (χ2v) is 10.5. The number of aliphatic hydroxyl groups excluding tert-OH is 1. The van der Waals surface area contributed by atoms with Gasteiger partial charge in [-0.15, -0.1) is 0 Å². The molecule has 0 aliphatic rings. The minimum Gasteiger partial charge on any atom is -0.396 e. The summed E-state index contributed by atoms with van der Waals surface area (Å²) in [6, 6.07) is 0. The lowest BCUT2D eigenvalue weighted by Gasteiger charge is -2.13. The Hall–Kier alpha value is -0.130. The predicted octanol–water partition coefficient (Wildman–Crippen LogP) is 7.45. The minimum atomic E-state index is -3.87. The van der Waals surface area contributed by atoms with Gasteiger partial charge < -0.3 is 5.11 Å². The van der Waals surface area contributed by atoms with Crippen LogP contribution in [0.15, 0.2) is 0 Å². The number of hydrogen-bond acceptors (Lipinski definition) is 3. The van der Waals surface area contributed by atoms with Crippen molar-refractivity contribution < 1.29 is 18.1 Å². The molecule has 0 radical (unpaired) electrons. The van der Waals surface area contributed by atoms with Gasteiger partial charge in [0.25, 0.3) is 10.1 Å².